The molecule has 0 atom stereocenters. The second-order valence-electron chi connectivity index (χ2n) is 2.15. The summed E-state index contributed by atoms with van der Waals surface area (Å²) in [6.45, 7) is 0. The average molecular weight is 183 g/mol. The fraction of sp³-hybridized carbons (Fsp3) is 0. The third-order valence-corrected chi connectivity index (χ3v) is 1.57. The lowest BCUT2D eigenvalue weighted by molar-refractivity contribution is 0.107. The van der Waals surface area contributed by atoms with Crippen LogP contribution in [0.3, 0.4) is 0 Å². The summed E-state index contributed by atoms with van der Waals surface area (Å²) in [5.41, 5.74) is 0.522. The van der Waals surface area contributed by atoms with Crippen LogP contribution in [0.15, 0.2) is 29.4 Å². The first-order valence-electron chi connectivity index (χ1n) is 3.27. The van der Waals surface area contributed by atoms with Crippen molar-refractivity contribution >= 4 is 23.6 Å². The predicted octanol–water partition coefficient (Wildman–Crippen LogP) is 1.47. The van der Waals surface area contributed by atoms with Gasteiger partial charge in [-0.15, -0.1) is 0 Å². The van der Waals surface area contributed by atoms with Crippen molar-refractivity contribution in [2.24, 2.45) is 10.9 Å². The summed E-state index contributed by atoms with van der Waals surface area (Å²) >= 11 is 5.62. The lowest BCUT2D eigenvalue weighted by Gasteiger charge is -1.93. The van der Waals surface area contributed by atoms with E-state index in [2.05, 4.69) is 5.10 Å². The summed E-state index contributed by atoms with van der Waals surface area (Å²) in [6, 6.07) is 6.51. The van der Waals surface area contributed by atoms with E-state index in [0.29, 0.717) is 10.6 Å². The lowest BCUT2D eigenvalue weighted by Crippen LogP contribution is -2.01. The third-order valence-electron chi connectivity index (χ3n) is 1.32. The van der Waals surface area contributed by atoms with E-state index in [1.807, 2.05) is 0 Å². The maximum absolute atomic E-state index is 11.1. The highest BCUT2D eigenvalue weighted by atomic mass is 35.5. The Morgan fingerprint density at radius 2 is 2.00 bits per heavy atom. The van der Waals surface area contributed by atoms with Crippen LogP contribution in [-0.4, -0.2) is 12.0 Å². The van der Waals surface area contributed by atoms with Gasteiger partial charge in [0.2, 0.25) is 5.78 Å². The van der Waals surface area contributed by atoms with Crippen LogP contribution < -0.4 is 5.84 Å². The molecule has 0 bridgehead atoms. The second-order valence-corrected chi connectivity index (χ2v) is 2.59. The van der Waals surface area contributed by atoms with Crippen LogP contribution >= 0.6 is 11.6 Å². The highest BCUT2D eigenvalue weighted by molar-refractivity contribution is 6.35. The number of ketones is 1. The van der Waals surface area contributed by atoms with Gasteiger partial charge in [0.25, 0.3) is 0 Å². The predicted molar refractivity (Wildman–Crippen MR) is 48.5 cm³/mol. The maximum Gasteiger partial charge on any atom is 0.205 e. The van der Waals surface area contributed by atoms with Crippen LogP contribution in [0.5, 0.6) is 0 Å². The van der Waals surface area contributed by atoms with Crippen LogP contribution in [0.1, 0.15) is 10.4 Å². The molecule has 0 radical (unpaired) electrons. The number of hydrazone groups is 1. The van der Waals surface area contributed by atoms with Crippen molar-refractivity contribution in [1.29, 1.82) is 0 Å². The maximum atomic E-state index is 11.1. The third kappa shape index (κ3) is 2.07. The molecule has 62 valence electrons. The first-order valence-corrected chi connectivity index (χ1v) is 3.65. The molecule has 4 heteroatoms. The normalized spacial score (nSPS) is 10.4. The van der Waals surface area contributed by atoms with Gasteiger partial charge in [0.15, 0.2) is 0 Å². The SMILES string of the molecule is N/N=C\C(=O)c1ccc(Cl)cc1. The van der Waals surface area contributed by atoms with Crippen LogP contribution in [0, 0.1) is 0 Å². The first kappa shape index (κ1) is 8.74. The molecular formula is C8H7ClN2O. The fourth-order valence-electron chi connectivity index (χ4n) is 0.756. The number of nitrogens with zero attached hydrogens (tertiary/aromatic N) is 1. The Hall–Kier alpha value is -1.35. The minimum Gasteiger partial charge on any atom is -0.323 e. The van der Waals surface area contributed by atoms with E-state index < -0.39 is 0 Å². The van der Waals surface area contributed by atoms with Gasteiger partial charge in [0.1, 0.15) is 0 Å². The molecule has 0 saturated carbocycles. The Balaban J connectivity index is 2.90. The Bertz CT molecular complexity index is 305. The molecule has 0 heterocycles. The van der Waals surface area contributed by atoms with Gasteiger partial charge >= 0.3 is 0 Å². The van der Waals surface area contributed by atoms with E-state index >= 15 is 0 Å². The molecule has 0 aromatic heterocycles. The van der Waals surface area contributed by atoms with E-state index in [4.69, 9.17) is 17.4 Å². The number of Topliss-reactive ketones (excluding diaryl/α,β-unsaturated/α-hetero) is 1. The minimum absolute atomic E-state index is 0.228. The zero-order valence-electron chi connectivity index (χ0n) is 6.20. The van der Waals surface area contributed by atoms with Crippen LogP contribution in [0.25, 0.3) is 0 Å². The Kier molecular flexibility index (Phi) is 2.82. The lowest BCUT2D eigenvalue weighted by atomic mass is 10.1. The number of carbonyl (C=O) groups excluding carboxylic acids is 1. The standard InChI is InChI=1S/C8H7ClN2O/c9-7-3-1-6(2-4-7)8(12)5-11-10/h1-5H,10H2/b11-5-. The molecule has 0 aliphatic rings. The number of hydrogen-bond donors (Lipinski definition) is 1. The molecule has 1 aromatic carbocycles. The summed E-state index contributed by atoms with van der Waals surface area (Å²) in [6.07, 6.45) is 1.06. The zero-order valence-corrected chi connectivity index (χ0v) is 6.95. The molecule has 0 unspecified atom stereocenters. The average Bonchev–Trinajstić information content (AvgIpc) is 2.06. The van der Waals surface area contributed by atoms with Crippen LogP contribution in [0.2, 0.25) is 5.02 Å². The molecule has 0 saturated heterocycles. The van der Waals surface area contributed by atoms with E-state index in [1.54, 1.807) is 24.3 Å². The van der Waals surface area contributed by atoms with Gasteiger partial charge in [0, 0.05) is 10.6 Å². The number of halogens is 1. The van der Waals surface area contributed by atoms with E-state index in [-0.39, 0.29) is 5.78 Å². The summed E-state index contributed by atoms with van der Waals surface area (Å²) in [5, 5.41) is 3.72. The van der Waals surface area contributed by atoms with Crippen molar-refractivity contribution in [2.75, 3.05) is 0 Å². The van der Waals surface area contributed by atoms with Gasteiger partial charge in [-0.25, -0.2) is 0 Å². The number of carbonyl (C=O) groups is 1. The number of nitrogens with two attached hydrogens (primary N) is 1. The molecule has 12 heavy (non-hydrogen) atoms. The highest BCUT2D eigenvalue weighted by Gasteiger charge is 2.00. The Labute approximate surface area is 74.8 Å². The minimum atomic E-state index is -0.228. The fourth-order valence-corrected chi connectivity index (χ4v) is 0.882. The zero-order chi connectivity index (χ0) is 8.97. The van der Waals surface area contributed by atoms with Crippen molar-refractivity contribution < 1.29 is 4.79 Å². The van der Waals surface area contributed by atoms with Crippen molar-refractivity contribution in [3.05, 3.63) is 34.9 Å². The van der Waals surface area contributed by atoms with Gasteiger partial charge in [-0.1, -0.05) is 11.6 Å². The van der Waals surface area contributed by atoms with Gasteiger partial charge in [0.05, 0.1) is 6.21 Å². The number of rotatable bonds is 2. The largest absolute Gasteiger partial charge is 0.323 e. The van der Waals surface area contributed by atoms with Crippen molar-refractivity contribution in [1.82, 2.24) is 0 Å². The van der Waals surface area contributed by atoms with E-state index in [1.165, 1.54) is 0 Å². The molecule has 1 aromatic rings. The van der Waals surface area contributed by atoms with Crippen molar-refractivity contribution in [3.8, 4) is 0 Å². The van der Waals surface area contributed by atoms with Gasteiger partial charge < -0.3 is 5.84 Å². The van der Waals surface area contributed by atoms with E-state index in [9.17, 15) is 4.79 Å². The summed E-state index contributed by atoms with van der Waals surface area (Å²) in [5.74, 6) is 4.59. The molecule has 0 spiro atoms. The summed E-state index contributed by atoms with van der Waals surface area (Å²) in [7, 11) is 0. The Morgan fingerprint density at radius 3 is 2.50 bits per heavy atom. The molecule has 0 amide bonds. The molecular weight excluding hydrogens is 176 g/mol. The molecule has 0 aliphatic heterocycles. The van der Waals surface area contributed by atoms with Crippen molar-refractivity contribution in [3.63, 3.8) is 0 Å². The summed E-state index contributed by atoms with van der Waals surface area (Å²) in [4.78, 5) is 11.1. The second kappa shape index (κ2) is 3.88. The molecule has 0 aliphatic carbocycles. The van der Waals surface area contributed by atoms with Crippen molar-refractivity contribution in [2.45, 2.75) is 0 Å². The number of hydrogen-bond acceptors (Lipinski definition) is 3. The Morgan fingerprint density at radius 1 is 1.42 bits per heavy atom. The molecule has 2 N–H and O–H groups in total. The first-order chi connectivity index (χ1) is 5.74. The smallest absolute Gasteiger partial charge is 0.205 e. The quantitative estimate of drug-likeness (QED) is 0.326. The van der Waals surface area contributed by atoms with Gasteiger partial charge in [-0.2, -0.15) is 5.10 Å². The van der Waals surface area contributed by atoms with Gasteiger partial charge in [-0.05, 0) is 24.3 Å². The molecule has 3 nitrogen and oxygen atoms in total. The van der Waals surface area contributed by atoms with Crippen LogP contribution in [0.4, 0.5) is 0 Å². The molecule has 1 rings (SSSR count). The monoisotopic (exact) mass is 182 g/mol. The topological polar surface area (TPSA) is 55.4 Å². The summed E-state index contributed by atoms with van der Waals surface area (Å²) < 4.78 is 0. The van der Waals surface area contributed by atoms with E-state index in [0.717, 1.165) is 6.21 Å². The van der Waals surface area contributed by atoms with Gasteiger partial charge in [-0.3, -0.25) is 4.79 Å². The number of benzene rings is 1. The highest BCUT2D eigenvalue weighted by Crippen LogP contribution is 2.09. The van der Waals surface area contributed by atoms with Crippen LogP contribution in [-0.2, 0) is 0 Å². The molecule has 0 fully saturated rings.